The number of hydrogen-bond acceptors (Lipinski definition) is 5. The number of para-hydroxylation sites is 1. The van der Waals surface area contributed by atoms with Crippen LogP contribution >= 0.6 is 0 Å². The van der Waals surface area contributed by atoms with Gasteiger partial charge in [-0.1, -0.05) is 42.5 Å². The van der Waals surface area contributed by atoms with Crippen LogP contribution in [0.3, 0.4) is 0 Å². The maximum Gasteiger partial charge on any atom is 0.222 e. The van der Waals surface area contributed by atoms with E-state index in [9.17, 15) is 4.79 Å². The fourth-order valence-electron chi connectivity index (χ4n) is 4.58. The third-order valence-electron chi connectivity index (χ3n) is 6.40. The first-order valence-corrected chi connectivity index (χ1v) is 11.4. The van der Waals surface area contributed by atoms with Crippen LogP contribution in [0.1, 0.15) is 29.5 Å². The third-order valence-corrected chi connectivity index (χ3v) is 6.40. The summed E-state index contributed by atoms with van der Waals surface area (Å²) in [5.41, 5.74) is 4.37. The summed E-state index contributed by atoms with van der Waals surface area (Å²) in [6.45, 7) is 6.30. The van der Waals surface area contributed by atoms with E-state index in [1.807, 2.05) is 11.1 Å². The molecule has 0 aliphatic carbocycles. The van der Waals surface area contributed by atoms with Crippen molar-refractivity contribution in [1.82, 2.24) is 9.80 Å². The van der Waals surface area contributed by atoms with Crippen molar-refractivity contribution in [2.45, 2.75) is 31.8 Å². The van der Waals surface area contributed by atoms with Crippen LogP contribution in [-0.2, 0) is 16.9 Å². The lowest BCUT2D eigenvalue weighted by atomic mass is 9.86. The second kappa shape index (κ2) is 9.65. The highest BCUT2D eigenvalue weighted by molar-refractivity contribution is 5.88. The van der Waals surface area contributed by atoms with Crippen LogP contribution in [0.25, 0.3) is 0 Å². The van der Waals surface area contributed by atoms with Gasteiger partial charge in [0, 0.05) is 51.0 Å². The van der Waals surface area contributed by atoms with Crippen LogP contribution in [0.5, 0.6) is 0 Å². The van der Waals surface area contributed by atoms with E-state index in [0.717, 1.165) is 38.3 Å². The Labute approximate surface area is 191 Å². The second-order valence-electron chi connectivity index (χ2n) is 9.04. The van der Waals surface area contributed by atoms with Crippen molar-refractivity contribution in [2.75, 3.05) is 45.2 Å². The minimum Gasteiger partial charge on any atom is -0.368 e. The summed E-state index contributed by atoms with van der Waals surface area (Å²) in [4.78, 5) is 28.5. The molecule has 1 fully saturated rings. The summed E-state index contributed by atoms with van der Waals surface area (Å²) >= 11 is 0. The van der Waals surface area contributed by atoms with Crippen LogP contribution in [0.15, 0.2) is 58.5 Å². The number of hydrogen-bond donors (Lipinski definition) is 0. The number of rotatable bonds is 7. The van der Waals surface area contributed by atoms with Gasteiger partial charge in [0.05, 0.1) is 0 Å². The van der Waals surface area contributed by atoms with Crippen LogP contribution < -0.4 is 4.90 Å². The first kappa shape index (κ1) is 22.2. The van der Waals surface area contributed by atoms with E-state index in [0.29, 0.717) is 12.8 Å². The van der Waals surface area contributed by atoms with Crippen molar-refractivity contribution in [3.63, 3.8) is 0 Å². The summed E-state index contributed by atoms with van der Waals surface area (Å²) in [6, 6.07) is 17.0. The van der Waals surface area contributed by atoms with Gasteiger partial charge in [0.15, 0.2) is 0 Å². The van der Waals surface area contributed by atoms with Crippen LogP contribution in [0.2, 0.25) is 0 Å². The van der Waals surface area contributed by atoms with Gasteiger partial charge in [0.25, 0.3) is 0 Å². The molecule has 0 spiro atoms. The standard InChI is InChI=1S/C26H33N5O/c1-21-6-4-5-7-24(21)30-14-16-31(17-15-30)25(32)12-13-26(19-27-20-28-26)23-10-8-22(9-11-23)18-29(2)3/h4-11,19-20H,12-18H2,1-3H3. The maximum absolute atomic E-state index is 13.0. The molecule has 6 heteroatoms. The third kappa shape index (κ3) is 4.91. The van der Waals surface area contributed by atoms with Gasteiger partial charge in [0.1, 0.15) is 11.9 Å². The fourth-order valence-corrected chi connectivity index (χ4v) is 4.58. The first-order valence-electron chi connectivity index (χ1n) is 11.4. The fraction of sp³-hybridized carbons (Fsp3) is 0.423. The molecule has 0 bridgehead atoms. The molecule has 2 aromatic rings. The normalized spacial score (nSPS) is 20.4. The first-order chi connectivity index (χ1) is 15.5. The molecule has 32 heavy (non-hydrogen) atoms. The number of anilines is 1. The average Bonchev–Trinajstić information content (AvgIpc) is 3.28. The van der Waals surface area contributed by atoms with Gasteiger partial charge in [-0.15, -0.1) is 0 Å². The summed E-state index contributed by atoms with van der Waals surface area (Å²) in [5.74, 6) is 0.202. The van der Waals surface area contributed by atoms with E-state index in [-0.39, 0.29) is 5.91 Å². The summed E-state index contributed by atoms with van der Waals surface area (Å²) in [5, 5.41) is 0. The Morgan fingerprint density at radius 2 is 1.75 bits per heavy atom. The molecule has 2 aliphatic rings. The predicted octanol–water partition coefficient (Wildman–Crippen LogP) is 3.49. The highest BCUT2D eigenvalue weighted by atomic mass is 16.2. The number of aryl methyl sites for hydroxylation is 1. The van der Waals surface area contributed by atoms with E-state index in [2.05, 4.69) is 89.3 Å². The second-order valence-corrected chi connectivity index (χ2v) is 9.04. The topological polar surface area (TPSA) is 51.5 Å². The van der Waals surface area contributed by atoms with Crippen molar-refractivity contribution in [3.05, 3.63) is 65.2 Å². The zero-order valence-corrected chi connectivity index (χ0v) is 19.4. The minimum atomic E-state index is -0.532. The Hall–Kier alpha value is -2.99. The molecule has 0 saturated carbocycles. The molecule has 4 rings (SSSR count). The molecule has 1 saturated heterocycles. The molecule has 2 heterocycles. The Morgan fingerprint density at radius 3 is 2.38 bits per heavy atom. The van der Waals surface area contributed by atoms with Gasteiger partial charge in [-0.05, 0) is 50.2 Å². The smallest absolute Gasteiger partial charge is 0.222 e. The van der Waals surface area contributed by atoms with E-state index < -0.39 is 5.54 Å². The molecule has 0 radical (unpaired) electrons. The van der Waals surface area contributed by atoms with E-state index >= 15 is 0 Å². The number of nitrogens with zero attached hydrogens (tertiary/aromatic N) is 5. The number of benzene rings is 2. The largest absolute Gasteiger partial charge is 0.368 e. The summed E-state index contributed by atoms with van der Waals surface area (Å²) < 4.78 is 0. The van der Waals surface area contributed by atoms with Gasteiger partial charge in [0.2, 0.25) is 5.91 Å². The molecular weight excluding hydrogens is 398 g/mol. The van der Waals surface area contributed by atoms with Crippen LogP contribution in [0, 0.1) is 6.92 Å². The molecule has 2 aliphatic heterocycles. The number of amides is 1. The molecule has 0 N–H and O–H groups in total. The SMILES string of the molecule is Cc1ccccc1N1CCN(C(=O)CCC2(c3ccc(CN(C)C)cc3)C=NC=N2)CC1. The average molecular weight is 432 g/mol. The van der Waals surface area contributed by atoms with E-state index in [4.69, 9.17) is 0 Å². The highest BCUT2D eigenvalue weighted by Crippen LogP contribution is 2.32. The Balaban J connectivity index is 1.36. The molecule has 2 aromatic carbocycles. The number of carbonyl (C=O) groups is 1. The number of carbonyl (C=O) groups excluding carboxylic acids is 1. The van der Waals surface area contributed by atoms with Gasteiger partial charge >= 0.3 is 0 Å². The molecular formula is C26H33N5O. The molecule has 6 nitrogen and oxygen atoms in total. The summed E-state index contributed by atoms with van der Waals surface area (Å²) in [6.07, 6.45) is 4.60. The zero-order chi connectivity index (χ0) is 22.6. The van der Waals surface area contributed by atoms with Crippen LogP contribution in [-0.4, -0.2) is 68.5 Å². The van der Waals surface area contributed by atoms with Crippen LogP contribution in [0.4, 0.5) is 5.69 Å². The van der Waals surface area contributed by atoms with Crippen molar-refractivity contribution in [1.29, 1.82) is 0 Å². The van der Waals surface area contributed by atoms with Gasteiger partial charge in [-0.3, -0.25) is 9.79 Å². The molecule has 1 amide bonds. The quantitative estimate of drug-likeness (QED) is 0.674. The molecule has 1 unspecified atom stereocenters. The highest BCUT2D eigenvalue weighted by Gasteiger charge is 2.33. The van der Waals surface area contributed by atoms with Gasteiger partial charge < -0.3 is 14.7 Å². The van der Waals surface area contributed by atoms with Gasteiger partial charge in [-0.2, -0.15) is 0 Å². The van der Waals surface area contributed by atoms with Gasteiger partial charge in [-0.25, -0.2) is 4.99 Å². The van der Waals surface area contributed by atoms with Crippen molar-refractivity contribution in [2.24, 2.45) is 9.98 Å². The predicted molar refractivity (Wildman–Crippen MR) is 132 cm³/mol. The van der Waals surface area contributed by atoms with Crippen molar-refractivity contribution in [3.8, 4) is 0 Å². The lowest BCUT2D eigenvalue weighted by Gasteiger charge is -2.37. The van der Waals surface area contributed by atoms with Crippen molar-refractivity contribution >= 4 is 24.1 Å². The molecule has 168 valence electrons. The number of aliphatic imine (C=N–C) groups is 2. The lowest BCUT2D eigenvalue weighted by molar-refractivity contribution is -0.131. The zero-order valence-electron chi connectivity index (χ0n) is 19.4. The Morgan fingerprint density at radius 1 is 1.03 bits per heavy atom. The lowest BCUT2D eigenvalue weighted by Crippen LogP contribution is -2.49. The Bertz CT molecular complexity index is 976. The molecule has 1 atom stereocenters. The minimum absolute atomic E-state index is 0.202. The van der Waals surface area contributed by atoms with E-state index in [1.165, 1.54) is 16.8 Å². The molecule has 0 aromatic heterocycles. The summed E-state index contributed by atoms with van der Waals surface area (Å²) in [7, 11) is 4.13. The van der Waals surface area contributed by atoms with Crippen molar-refractivity contribution < 1.29 is 4.79 Å². The number of piperazine rings is 1. The Kier molecular flexibility index (Phi) is 6.70. The monoisotopic (exact) mass is 431 g/mol. The maximum atomic E-state index is 13.0. The van der Waals surface area contributed by atoms with E-state index in [1.54, 1.807) is 6.34 Å².